The molecular formula is C26H26FN3O4. The van der Waals surface area contributed by atoms with Gasteiger partial charge in [-0.25, -0.2) is 9.82 Å². The molecule has 2 amide bonds. The van der Waals surface area contributed by atoms with Crippen LogP contribution in [0.3, 0.4) is 0 Å². The van der Waals surface area contributed by atoms with Crippen molar-refractivity contribution in [1.82, 2.24) is 5.43 Å². The molecule has 3 N–H and O–H groups in total. The van der Waals surface area contributed by atoms with Crippen LogP contribution in [0.1, 0.15) is 37.7 Å². The van der Waals surface area contributed by atoms with Gasteiger partial charge >= 0.3 is 0 Å². The Bertz CT molecular complexity index is 1140. The highest BCUT2D eigenvalue weighted by Gasteiger charge is 2.07. The van der Waals surface area contributed by atoms with E-state index in [0.29, 0.717) is 42.7 Å². The lowest BCUT2D eigenvalue weighted by atomic mass is 10.1. The van der Waals surface area contributed by atoms with Gasteiger partial charge in [-0.05, 0) is 54.8 Å². The molecular weight excluding hydrogens is 437 g/mol. The van der Waals surface area contributed by atoms with Crippen LogP contribution < -0.4 is 15.5 Å². The molecule has 0 radical (unpaired) electrons. The molecule has 8 heteroatoms. The number of phenols is 1. The fraction of sp³-hybridized carbons (Fsp3) is 0.192. The van der Waals surface area contributed by atoms with E-state index in [-0.39, 0.29) is 29.7 Å². The Morgan fingerprint density at radius 3 is 2.38 bits per heavy atom. The van der Waals surface area contributed by atoms with E-state index in [1.54, 1.807) is 42.5 Å². The second-order valence-electron chi connectivity index (χ2n) is 7.52. The number of phenolic OH excluding ortho intramolecular Hbond substituents is 1. The molecule has 34 heavy (non-hydrogen) atoms. The van der Waals surface area contributed by atoms with Crippen LogP contribution in [0.2, 0.25) is 0 Å². The van der Waals surface area contributed by atoms with E-state index in [1.165, 1.54) is 30.5 Å². The average molecular weight is 464 g/mol. The van der Waals surface area contributed by atoms with E-state index in [0.717, 1.165) is 0 Å². The molecule has 0 unspecified atom stereocenters. The predicted octanol–water partition coefficient (Wildman–Crippen LogP) is 5.36. The lowest BCUT2D eigenvalue weighted by Crippen LogP contribution is -2.17. The van der Waals surface area contributed by atoms with E-state index in [2.05, 4.69) is 15.8 Å². The summed E-state index contributed by atoms with van der Waals surface area (Å²) in [5.74, 6) is -0.344. The highest BCUT2D eigenvalue weighted by molar-refractivity contribution is 5.92. The fourth-order valence-corrected chi connectivity index (χ4v) is 3.07. The summed E-state index contributed by atoms with van der Waals surface area (Å²) in [7, 11) is 0. The number of hydrogen-bond acceptors (Lipinski definition) is 5. The van der Waals surface area contributed by atoms with Gasteiger partial charge in [0.1, 0.15) is 11.5 Å². The fourth-order valence-electron chi connectivity index (χ4n) is 3.07. The minimum absolute atomic E-state index is 0.0219. The highest BCUT2D eigenvalue weighted by atomic mass is 19.1. The first-order chi connectivity index (χ1) is 16.5. The van der Waals surface area contributed by atoms with Crippen LogP contribution in [0.25, 0.3) is 0 Å². The normalized spacial score (nSPS) is 10.7. The molecule has 0 aromatic heterocycles. The zero-order valence-electron chi connectivity index (χ0n) is 18.5. The zero-order valence-corrected chi connectivity index (χ0v) is 18.5. The van der Waals surface area contributed by atoms with E-state index < -0.39 is 5.82 Å². The Kier molecular flexibility index (Phi) is 9.16. The first-order valence-electron chi connectivity index (χ1n) is 10.9. The summed E-state index contributed by atoms with van der Waals surface area (Å²) >= 11 is 0. The van der Waals surface area contributed by atoms with Gasteiger partial charge in [0, 0.05) is 12.8 Å². The Labute approximate surface area is 197 Å². The molecule has 3 aromatic rings. The van der Waals surface area contributed by atoms with Crippen molar-refractivity contribution in [3.8, 4) is 17.2 Å². The molecule has 0 saturated heterocycles. The highest BCUT2D eigenvalue weighted by Crippen LogP contribution is 2.25. The molecule has 0 saturated carbocycles. The third kappa shape index (κ3) is 8.05. The maximum atomic E-state index is 14.0. The lowest BCUT2D eigenvalue weighted by molar-refractivity contribution is -0.121. The quantitative estimate of drug-likeness (QED) is 0.154. The van der Waals surface area contributed by atoms with Crippen molar-refractivity contribution in [2.24, 2.45) is 5.10 Å². The van der Waals surface area contributed by atoms with Crippen LogP contribution in [-0.2, 0) is 9.59 Å². The Morgan fingerprint density at radius 1 is 0.912 bits per heavy atom. The second-order valence-corrected chi connectivity index (χ2v) is 7.52. The number of carbonyl (C=O) groups excluding carboxylic acids is 2. The van der Waals surface area contributed by atoms with Crippen LogP contribution in [0, 0.1) is 5.82 Å². The molecule has 0 aliphatic rings. The van der Waals surface area contributed by atoms with Crippen molar-refractivity contribution in [2.45, 2.75) is 32.1 Å². The number of ether oxygens (including phenoxy) is 1. The zero-order chi connectivity index (χ0) is 24.2. The molecule has 0 aliphatic carbocycles. The number of carbonyl (C=O) groups is 2. The number of benzene rings is 3. The van der Waals surface area contributed by atoms with Crippen LogP contribution in [-0.4, -0.2) is 23.1 Å². The number of aromatic hydroxyl groups is 1. The average Bonchev–Trinajstić information content (AvgIpc) is 2.83. The SMILES string of the molecule is O=C(CCCCCC(=O)Nc1ccccc1O)N/N=C/c1ccc(F)c(Oc2ccccc2)c1. The van der Waals surface area contributed by atoms with Crippen molar-refractivity contribution < 1.29 is 23.8 Å². The summed E-state index contributed by atoms with van der Waals surface area (Å²) in [6.45, 7) is 0. The Balaban J connectivity index is 1.35. The van der Waals surface area contributed by atoms with Gasteiger partial charge in [-0.3, -0.25) is 9.59 Å². The topological polar surface area (TPSA) is 100 Å². The van der Waals surface area contributed by atoms with Crippen molar-refractivity contribution in [3.63, 3.8) is 0 Å². The predicted molar refractivity (Wildman–Crippen MR) is 128 cm³/mol. The van der Waals surface area contributed by atoms with Gasteiger partial charge in [0.25, 0.3) is 0 Å². The summed E-state index contributed by atoms with van der Waals surface area (Å²) in [5.41, 5.74) is 3.39. The third-order valence-corrected chi connectivity index (χ3v) is 4.81. The van der Waals surface area contributed by atoms with Crippen molar-refractivity contribution >= 4 is 23.7 Å². The van der Waals surface area contributed by atoms with Crippen molar-refractivity contribution in [3.05, 3.63) is 84.2 Å². The molecule has 0 heterocycles. The number of hydrogen-bond donors (Lipinski definition) is 3. The van der Waals surface area contributed by atoms with Crippen LogP contribution >= 0.6 is 0 Å². The number of unbranched alkanes of at least 4 members (excludes halogenated alkanes) is 2. The van der Waals surface area contributed by atoms with Gasteiger partial charge in [0.15, 0.2) is 11.6 Å². The molecule has 3 rings (SSSR count). The van der Waals surface area contributed by atoms with Crippen LogP contribution in [0.15, 0.2) is 77.9 Å². The molecule has 0 aliphatic heterocycles. The van der Waals surface area contributed by atoms with Gasteiger partial charge in [-0.1, -0.05) is 42.8 Å². The second kappa shape index (κ2) is 12.7. The minimum Gasteiger partial charge on any atom is -0.506 e. The summed E-state index contributed by atoms with van der Waals surface area (Å²) in [6, 6.07) is 19.7. The third-order valence-electron chi connectivity index (χ3n) is 4.81. The van der Waals surface area contributed by atoms with Gasteiger partial charge in [-0.2, -0.15) is 5.10 Å². The molecule has 0 fully saturated rings. The standard InChI is InChI=1S/C26H26FN3O4/c27-21-16-15-19(17-24(21)34-20-9-3-1-4-10-20)18-28-30-26(33)14-6-2-5-13-25(32)29-22-11-7-8-12-23(22)31/h1,3-4,7-12,15-18,31H,2,5-6,13-14H2,(H,29,32)(H,30,33)/b28-18+. The number of amides is 2. The van der Waals surface area contributed by atoms with E-state index in [9.17, 15) is 19.1 Å². The summed E-state index contributed by atoms with van der Waals surface area (Å²) in [4.78, 5) is 23.9. The Morgan fingerprint density at radius 2 is 1.62 bits per heavy atom. The van der Waals surface area contributed by atoms with E-state index >= 15 is 0 Å². The van der Waals surface area contributed by atoms with E-state index in [4.69, 9.17) is 4.74 Å². The van der Waals surface area contributed by atoms with Gasteiger partial charge < -0.3 is 15.2 Å². The Hall–Kier alpha value is -4.20. The van der Waals surface area contributed by atoms with Gasteiger partial charge in [0.2, 0.25) is 11.8 Å². The molecule has 176 valence electrons. The lowest BCUT2D eigenvalue weighted by Gasteiger charge is -2.07. The number of hydrazone groups is 1. The number of para-hydroxylation sites is 3. The van der Waals surface area contributed by atoms with Crippen LogP contribution in [0.4, 0.5) is 10.1 Å². The molecule has 0 spiro atoms. The first-order valence-corrected chi connectivity index (χ1v) is 10.9. The monoisotopic (exact) mass is 463 g/mol. The summed E-state index contributed by atoms with van der Waals surface area (Å²) in [6.07, 6.45) is 3.91. The number of halogens is 1. The number of nitrogens with one attached hydrogen (secondary N) is 2. The van der Waals surface area contributed by atoms with Crippen LogP contribution in [0.5, 0.6) is 17.2 Å². The largest absolute Gasteiger partial charge is 0.506 e. The molecule has 3 aromatic carbocycles. The number of rotatable bonds is 11. The maximum absolute atomic E-state index is 14.0. The first kappa shape index (κ1) is 24.4. The smallest absolute Gasteiger partial charge is 0.240 e. The summed E-state index contributed by atoms with van der Waals surface area (Å²) in [5, 5.41) is 16.2. The molecule has 0 bridgehead atoms. The minimum atomic E-state index is -0.501. The number of anilines is 1. The van der Waals surface area contributed by atoms with E-state index in [1.807, 2.05) is 6.07 Å². The molecule has 0 atom stereocenters. The van der Waals surface area contributed by atoms with Crippen molar-refractivity contribution in [1.29, 1.82) is 0 Å². The number of nitrogens with zero attached hydrogens (tertiary/aromatic N) is 1. The summed E-state index contributed by atoms with van der Waals surface area (Å²) < 4.78 is 19.6. The van der Waals surface area contributed by atoms with Crippen molar-refractivity contribution in [2.75, 3.05) is 5.32 Å². The molecule has 7 nitrogen and oxygen atoms in total. The van der Waals surface area contributed by atoms with Gasteiger partial charge in [-0.15, -0.1) is 0 Å². The maximum Gasteiger partial charge on any atom is 0.240 e. The van der Waals surface area contributed by atoms with Gasteiger partial charge in [0.05, 0.1) is 11.9 Å².